The van der Waals surface area contributed by atoms with E-state index in [1.54, 1.807) is 12.1 Å². The Hall–Kier alpha value is -1.80. The van der Waals surface area contributed by atoms with Gasteiger partial charge in [-0.3, -0.25) is 4.79 Å². The average Bonchev–Trinajstić information content (AvgIpc) is 2.31. The summed E-state index contributed by atoms with van der Waals surface area (Å²) in [6.07, 6.45) is -0.495. The van der Waals surface area contributed by atoms with Crippen LogP contribution in [0.1, 0.15) is 6.42 Å². The molecule has 0 bridgehead atoms. The van der Waals surface area contributed by atoms with E-state index in [1.165, 1.54) is 6.07 Å². The number of benzene rings is 1. The van der Waals surface area contributed by atoms with Crippen molar-refractivity contribution in [2.75, 3.05) is 5.32 Å². The summed E-state index contributed by atoms with van der Waals surface area (Å²) in [6, 6.07) is 2.49. The van der Waals surface area contributed by atoms with Gasteiger partial charge in [0.25, 0.3) is 0 Å². The lowest BCUT2D eigenvalue weighted by Crippen LogP contribution is -2.45. The van der Waals surface area contributed by atoms with Crippen molar-refractivity contribution in [1.29, 1.82) is 0 Å². The van der Waals surface area contributed by atoms with Crippen molar-refractivity contribution in [2.45, 2.75) is 12.5 Å². The molecule has 9 heteroatoms. The molecule has 0 unspecified atom stereocenters. The number of carboxylic acid groups (broad SMARTS) is 1. The van der Waals surface area contributed by atoms with Crippen LogP contribution in [0, 0.1) is 0 Å². The smallest absolute Gasteiger partial charge is 0.326 e. The Morgan fingerprint density at radius 1 is 1.40 bits per heavy atom. The summed E-state index contributed by atoms with van der Waals surface area (Å²) in [7, 11) is 0. The minimum atomic E-state index is -1.39. The van der Waals surface area contributed by atoms with Crippen LogP contribution in [0.5, 0.6) is 0 Å². The molecular formula is C11H11BrClN3O4. The van der Waals surface area contributed by atoms with Gasteiger partial charge in [-0.05, 0) is 34.1 Å². The van der Waals surface area contributed by atoms with Gasteiger partial charge in [0.15, 0.2) is 0 Å². The Morgan fingerprint density at radius 2 is 2.05 bits per heavy atom. The second-order valence-electron chi connectivity index (χ2n) is 3.78. The van der Waals surface area contributed by atoms with Crippen LogP contribution in [0.15, 0.2) is 22.7 Å². The molecular weight excluding hydrogens is 353 g/mol. The van der Waals surface area contributed by atoms with Gasteiger partial charge >= 0.3 is 12.0 Å². The largest absolute Gasteiger partial charge is 0.480 e. The number of nitrogens with two attached hydrogens (primary N) is 1. The second kappa shape index (κ2) is 7.11. The van der Waals surface area contributed by atoms with Crippen molar-refractivity contribution < 1.29 is 19.5 Å². The third-order valence-electron chi connectivity index (χ3n) is 2.19. The lowest BCUT2D eigenvalue weighted by atomic mass is 10.2. The SMILES string of the molecule is NC(=O)C[C@H](NC(=O)Nc1ccc(Cl)cc1Br)C(=O)O. The van der Waals surface area contributed by atoms with Crippen molar-refractivity contribution in [1.82, 2.24) is 5.32 Å². The average molecular weight is 365 g/mol. The zero-order valence-electron chi connectivity index (χ0n) is 10.0. The Labute approximate surface area is 127 Å². The van der Waals surface area contributed by atoms with Crippen molar-refractivity contribution in [3.8, 4) is 0 Å². The number of carboxylic acids is 1. The van der Waals surface area contributed by atoms with Crippen LogP contribution in [0.3, 0.4) is 0 Å². The molecule has 0 saturated heterocycles. The zero-order valence-corrected chi connectivity index (χ0v) is 12.4. The van der Waals surface area contributed by atoms with Gasteiger partial charge in [-0.15, -0.1) is 0 Å². The van der Waals surface area contributed by atoms with Gasteiger partial charge in [-0.1, -0.05) is 11.6 Å². The number of anilines is 1. The first-order chi connectivity index (χ1) is 9.29. The van der Waals surface area contributed by atoms with Gasteiger partial charge in [0.05, 0.1) is 12.1 Å². The molecule has 3 amide bonds. The molecule has 0 aliphatic rings. The fourth-order valence-electron chi connectivity index (χ4n) is 1.31. The molecule has 0 spiro atoms. The number of halogens is 2. The van der Waals surface area contributed by atoms with Gasteiger partial charge in [0.2, 0.25) is 5.91 Å². The number of hydrogen-bond acceptors (Lipinski definition) is 3. The maximum Gasteiger partial charge on any atom is 0.326 e. The van der Waals surface area contributed by atoms with Crippen LogP contribution in [-0.4, -0.2) is 29.1 Å². The summed E-state index contributed by atoms with van der Waals surface area (Å²) in [5, 5.41) is 13.9. The highest BCUT2D eigenvalue weighted by atomic mass is 79.9. The summed E-state index contributed by atoms with van der Waals surface area (Å²) in [6.45, 7) is 0. The van der Waals surface area contributed by atoms with Gasteiger partial charge in [-0.25, -0.2) is 9.59 Å². The molecule has 7 nitrogen and oxygen atoms in total. The quantitative estimate of drug-likeness (QED) is 0.633. The first kappa shape index (κ1) is 16.3. The molecule has 0 heterocycles. The van der Waals surface area contributed by atoms with E-state index in [-0.39, 0.29) is 0 Å². The maximum absolute atomic E-state index is 11.7. The van der Waals surface area contributed by atoms with E-state index in [2.05, 4.69) is 26.6 Å². The van der Waals surface area contributed by atoms with E-state index in [0.29, 0.717) is 15.2 Å². The molecule has 0 aliphatic carbocycles. The molecule has 0 aliphatic heterocycles. The van der Waals surface area contributed by atoms with E-state index < -0.39 is 30.4 Å². The Morgan fingerprint density at radius 3 is 2.55 bits per heavy atom. The molecule has 108 valence electrons. The molecule has 1 aromatic rings. The molecule has 1 aromatic carbocycles. The molecule has 1 rings (SSSR count). The maximum atomic E-state index is 11.7. The minimum absolute atomic E-state index is 0.398. The fraction of sp³-hybridized carbons (Fsp3) is 0.182. The fourth-order valence-corrected chi connectivity index (χ4v) is 2.09. The number of primary amides is 1. The molecule has 20 heavy (non-hydrogen) atoms. The number of carbonyl (C=O) groups excluding carboxylic acids is 2. The standard InChI is InChI=1S/C11H11BrClN3O4/c12-6-3-5(13)1-2-7(6)15-11(20)16-8(10(18)19)4-9(14)17/h1-3,8H,4H2,(H2,14,17)(H,18,19)(H2,15,16,20)/t8-/m0/s1. The van der Waals surface area contributed by atoms with Gasteiger partial charge < -0.3 is 21.5 Å². The molecule has 1 atom stereocenters. The Balaban J connectivity index is 2.70. The number of nitrogens with one attached hydrogen (secondary N) is 2. The van der Waals surface area contributed by atoms with Crippen LogP contribution in [-0.2, 0) is 9.59 Å². The van der Waals surface area contributed by atoms with Gasteiger partial charge in [0, 0.05) is 9.50 Å². The highest BCUT2D eigenvalue weighted by Gasteiger charge is 2.22. The number of rotatable bonds is 5. The number of amides is 3. The molecule has 0 fully saturated rings. The number of urea groups is 1. The van der Waals surface area contributed by atoms with Gasteiger partial charge in [0.1, 0.15) is 6.04 Å². The van der Waals surface area contributed by atoms with Crippen LogP contribution in [0.4, 0.5) is 10.5 Å². The van der Waals surface area contributed by atoms with Crippen LogP contribution in [0.25, 0.3) is 0 Å². The molecule has 0 radical (unpaired) electrons. The Kier molecular flexibility index (Phi) is 5.78. The summed E-state index contributed by atoms with van der Waals surface area (Å²) in [4.78, 5) is 33.2. The topological polar surface area (TPSA) is 122 Å². The lowest BCUT2D eigenvalue weighted by Gasteiger charge is -2.14. The number of aliphatic carboxylic acids is 1. The van der Waals surface area contributed by atoms with Crippen LogP contribution < -0.4 is 16.4 Å². The van der Waals surface area contributed by atoms with Crippen LogP contribution in [0.2, 0.25) is 5.02 Å². The molecule has 0 aromatic heterocycles. The first-order valence-corrected chi connectivity index (χ1v) is 6.50. The zero-order chi connectivity index (χ0) is 15.3. The molecule has 5 N–H and O–H groups in total. The monoisotopic (exact) mass is 363 g/mol. The summed E-state index contributed by atoms with van der Waals surface area (Å²) >= 11 is 8.94. The van der Waals surface area contributed by atoms with E-state index in [4.69, 9.17) is 22.4 Å². The number of carbonyl (C=O) groups is 3. The molecule has 0 saturated carbocycles. The van der Waals surface area contributed by atoms with Gasteiger partial charge in [-0.2, -0.15) is 0 Å². The van der Waals surface area contributed by atoms with Crippen molar-refractivity contribution >= 4 is 51.1 Å². The van der Waals surface area contributed by atoms with E-state index in [1.807, 2.05) is 0 Å². The third kappa shape index (κ3) is 5.06. The van der Waals surface area contributed by atoms with E-state index in [0.717, 1.165) is 0 Å². The third-order valence-corrected chi connectivity index (χ3v) is 3.08. The highest BCUT2D eigenvalue weighted by molar-refractivity contribution is 9.10. The van der Waals surface area contributed by atoms with E-state index in [9.17, 15) is 14.4 Å². The predicted octanol–water partition coefficient (Wildman–Crippen LogP) is 1.55. The summed E-state index contributed by atoms with van der Waals surface area (Å²) in [5.74, 6) is -2.18. The summed E-state index contributed by atoms with van der Waals surface area (Å²) in [5.41, 5.74) is 5.30. The first-order valence-electron chi connectivity index (χ1n) is 5.33. The predicted molar refractivity (Wildman–Crippen MR) is 76.5 cm³/mol. The second-order valence-corrected chi connectivity index (χ2v) is 5.07. The normalized spacial score (nSPS) is 11.5. The Bertz CT molecular complexity index is 552. The van der Waals surface area contributed by atoms with Crippen molar-refractivity contribution in [3.05, 3.63) is 27.7 Å². The van der Waals surface area contributed by atoms with Crippen molar-refractivity contribution in [2.24, 2.45) is 5.73 Å². The summed E-state index contributed by atoms with van der Waals surface area (Å²) < 4.78 is 0.530. The van der Waals surface area contributed by atoms with E-state index >= 15 is 0 Å². The number of hydrogen-bond donors (Lipinski definition) is 4. The highest BCUT2D eigenvalue weighted by Crippen LogP contribution is 2.25. The lowest BCUT2D eigenvalue weighted by molar-refractivity contribution is -0.140. The minimum Gasteiger partial charge on any atom is -0.480 e. The van der Waals surface area contributed by atoms with Crippen LogP contribution >= 0.6 is 27.5 Å². The van der Waals surface area contributed by atoms with Crippen molar-refractivity contribution in [3.63, 3.8) is 0 Å².